The lowest BCUT2D eigenvalue weighted by Crippen LogP contribution is -2.02. The maximum Gasteiger partial charge on any atom is 0.230 e. The summed E-state index contributed by atoms with van der Waals surface area (Å²) >= 11 is 0. The van der Waals surface area contributed by atoms with E-state index in [0.29, 0.717) is 11.3 Å². The first-order chi connectivity index (χ1) is 7.97. The highest BCUT2D eigenvalue weighted by Crippen LogP contribution is 2.30. The number of aromatic nitrogens is 2. The monoisotopic (exact) mass is 253 g/mol. The van der Waals surface area contributed by atoms with Crippen molar-refractivity contribution in [3.05, 3.63) is 30.2 Å². The average Bonchev–Trinajstić information content (AvgIpc) is 2.58. The van der Waals surface area contributed by atoms with Crippen LogP contribution in [0.4, 0.5) is 5.88 Å². The maximum atomic E-state index is 11.3. The van der Waals surface area contributed by atoms with E-state index >= 15 is 0 Å². The molecule has 0 bridgehead atoms. The normalized spacial score (nSPS) is 11.6. The third-order valence-electron chi connectivity index (χ3n) is 2.16. The van der Waals surface area contributed by atoms with E-state index in [1.807, 2.05) is 0 Å². The molecule has 0 radical (unpaired) electrons. The summed E-state index contributed by atoms with van der Waals surface area (Å²) in [5.41, 5.74) is 7.21. The molecule has 0 aliphatic rings. The fraction of sp³-hybridized carbons (Fsp3) is 0.200. The smallest absolute Gasteiger partial charge is 0.230 e. The van der Waals surface area contributed by atoms with E-state index < -0.39 is 9.84 Å². The van der Waals surface area contributed by atoms with E-state index in [1.54, 1.807) is 24.5 Å². The molecule has 2 heterocycles. The van der Waals surface area contributed by atoms with E-state index in [-0.39, 0.29) is 11.6 Å². The Labute approximate surface area is 98.4 Å². The molecule has 0 saturated heterocycles. The quantitative estimate of drug-likeness (QED) is 0.871. The Bertz CT molecular complexity index is 620. The average molecular weight is 253 g/mol. The zero-order valence-electron chi connectivity index (χ0n) is 9.12. The summed E-state index contributed by atoms with van der Waals surface area (Å²) in [6.45, 7) is 0. The zero-order chi connectivity index (χ0) is 12.5. The van der Waals surface area contributed by atoms with Crippen LogP contribution in [0.3, 0.4) is 0 Å². The molecule has 0 aliphatic heterocycles. The van der Waals surface area contributed by atoms with Crippen molar-refractivity contribution in [3.63, 3.8) is 0 Å². The van der Waals surface area contributed by atoms with E-state index in [9.17, 15) is 8.42 Å². The standard InChI is InChI=1S/C10H11N3O3S/c1-17(14,15)6-8-9(10(11)16-13-8)7-2-4-12-5-3-7/h2-5H,6,11H2,1H3. The molecule has 6 nitrogen and oxygen atoms in total. The van der Waals surface area contributed by atoms with Crippen LogP contribution < -0.4 is 5.73 Å². The summed E-state index contributed by atoms with van der Waals surface area (Å²) in [7, 11) is -3.19. The van der Waals surface area contributed by atoms with Crippen molar-refractivity contribution in [2.24, 2.45) is 0 Å². The Morgan fingerprint density at radius 2 is 2.00 bits per heavy atom. The van der Waals surface area contributed by atoms with Crippen molar-refractivity contribution in [2.45, 2.75) is 5.75 Å². The number of sulfone groups is 1. The lowest BCUT2D eigenvalue weighted by Gasteiger charge is -2.00. The number of nitrogen functional groups attached to an aromatic ring is 1. The van der Waals surface area contributed by atoms with Crippen LogP contribution in [0.25, 0.3) is 11.1 Å². The van der Waals surface area contributed by atoms with Crippen LogP contribution in [-0.4, -0.2) is 24.8 Å². The molecule has 2 aromatic heterocycles. The van der Waals surface area contributed by atoms with Gasteiger partial charge < -0.3 is 10.3 Å². The van der Waals surface area contributed by atoms with Gasteiger partial charge in [0.2, 0.25) is 5.88 Å². The van der Waals surface area contributed by atoms with Crippen LogP contribution in [-0.2, 0) is 15.6 Å². The van der Waals surface area contributed by atoms with Crippen molar-refractivity contribution in [1.82, 2.24) is 10.1 Å². The summed E-state index contributed by atoms with van der Waals surface area (Å²) < 4.78 is 27.4. The molecule has 7 heteroatoms. The predicted octanol–water partition coefficient (Wildman–Crippen LogP) is 0.863. The Balaban J connectivity index is 2.51. The van der Waals surface area contributed by atoms with Gasteiger partial charge in [-0.05, 0) is 17.7 Å². The Morgan fingerprint density at radius 3 is 2.59 bits per heavy atom. The summed E-state index contributed by atoms with van der Waals surface area (Å²) in [5, 5.41) is 3.68. The van der Waals surface area contributed by atoms with Gasteiger partial charge in [-0.25, -0.2) is 8.42 Å². The van der Waals surface area contributed by atoms with Gasteiger partial charge in [0.05, 0.1) is 11.3 Å². The molecule has 2 rings (SSSR count). The number of anilines is 1. The highest BCUT2D eigenvalue weighted by molar-refractivity contribution is 7.89. The first-order valence-corrected chi connectivity index (χ1v) is 6.85. The number of pyridine rings is 1. The Kier molecular flexibility index (Phi) is 2.84. The first-order valence-electron chi connectivity index (χ1n) is 4.79. The SMILES string of the molecule is CS(=O)(=O)Cc1noc(N)c1-c1ccncc1. The zero-order valence-corrected chi connectivity index (χ0v) is 9.94. The third-order valence-corrected chi connectivity index (χ3v) is 2.95. The van der Waals surface area contributed by atoms with E-state index in [2.05, 4.69) is 10.1 Å². The highest BCUT2D eigenvalue weighted by atomic mass is 32.2. The minimum absolute atomic E-state index is 0.106. The molecule has 0 amide bonds. The second-order valence-electron chi connectivity index (χ2n) is 3.67. The number of hydrogen-bond acceptors (Lipinski definition) is 6. The maximum absolute atomic E-state index is 11.3. The van der Waals surface area contributed by atoms with Crippen molar-refractivity contribution < 1.29 is 12.9 Å². The lowest BCUT2D eigenvalue weighted by molar-refractivity contribution is 0.430. The minimum Gasteiger partial charge on any atom is -0.367 e. The molecule has 0 aliphatic carbocycles. The second kappa shape index (κ2) is 4.17. The van der Waals surface area contributed by atoms with Crippen LogP contribution in [0, 0.1) is 0 Å². The van der Waals surface area contributed by atoms with Crippen molar-refractivity contribution in [3.8, 4) is 11.1 Å². The molecule has 0 atom stereocenters. The van der Waals surface area contributed by atoms with Gasteiger partial charge in [-0.15, -0.1) is 0 Å². The van der Waals surface area contributed by atoms with Crippen molar-refractivity contribution in [1.29, 1.82) is 0 Å². The largest absolute Gasteiger partial charge is 0.367 e. The number of nitrogens with zero attached hydrogens (tertiary/aromatic N) is 2. The van der Waals surface area contributed by atoms with Gasteiger partial charge in [0, 0.05) is 18.6 Å². The fourth-order valence-electron chi connectivity index (χ4n) is 1.51. The van der Waals surface area contributed by atoms with Gasteiger partial charge in [0.1, 0.15) is 5.69 Å². The van der Waals surface area contributed by atoms with Crippen LogP contribution >= 0.6 is 0 Å². The number of hydrogen-bond donors (Lipinski definition) is 1. The molecule has 0 aromatic carbocycles. The molecule has 17 heavy (non-hydrogen) atoms. The summed E-state index contributed by atoms with van der Waals surface area (Å²) in [6, 6.07) is 3.43. The number of nitrogens with two attached hydrogens (primary N) is 1. The van der Waals surface area contributed by atoms with Gasteiger partial charge in [-0.1, -0.05) is 5.16 Å². The lowest BCUT2D eigenvalue weighted by atomic mass is 10.1. The Hall–Kier alpha value is -1.89. The highest BCUT2D eigenvalue weighted by Gasteiger charge is 2.19. The summed E-state index contributed by atoms with van der Waals surface area (Å²) in [5.74, 6) is -0.0967. The molecule has 0 spiro atoms. The van der Waals surface area contributed by atoms with E-state index in [4.69, 9.17) is 10.3 Å². The molecule has 2 N–H and O–H groups in total. The molecular weight excluding hydrogens is 242 g/mol. The van der Waals surface area contributed by atoms with Gasteiger partial charge >= 0.3 is 0 Å². The fourth-order valence-corrected chi connectivity index (χ4v) is 2.21. The van der Waals surface area contributed by atoms with Crippen LogP contribution in [0.15, 0.2) is 29.0 Å². The first kappa shape index (κ1) is 11.6. The molecule has 90 valence electrons. The van der Waals surface area contributed by atoms with E-state index in [1.165, 1.54) is 0 Å². The molecule has 2 aromatic rings. The van der Waals surface area contributed by atoms with Gasteiger partial charge in [-0.2, -0.15) is 0 Å². The topological polar surface area (TPSA) is 99.1 Å². The van der Waals surface area contributed by atoms with Crippen molar-refractivity contribution >= 4 is 15.7 Å². The Morgan fingerprint density at radius 1 is 1.35 bits per heavy atom. The summed E-state index contributed by atoms with van der Waals surface area (Å²) in [6.07, 6.45) is 4.31. The van der Waals surface area contributed by atoms with E-state index in [0.717, 1.165) is 11.8 Å². The summed E-state index contributed by atoms with van der Waals surface area (Å²) in [4.78, 5) is 3.88. The molecule has 0 saturated carbocycles. The van der Waals surface area contributed by atoms with Crippen LogP contribution in [0.1, 0.15) is 5.69 Å². The van der Waals surface area contributed by atoms with Crippen LogP contribution in [0.5, 0.6) is 0 Å². The third kappa shape index (κ3) is 2.62. The molecular formula is C10H11N3O3S. The minimum atomic E-state index is -3.19. The number of rotatable bonds is 3. The molecule has 0 unspecified atom stereocenters. The van der Waals surface area contributed by atoms with Crippen molar-refractivity contribution in [2.75, 3.05) is 12.0 Å². The van der Waals surface area contributed by atoms with Gasteiger partial charge in [0.25, 0.3) is 0 Å². The van der Waals surface area contributed by atoms with Crippen LogP contribution in [0.2, 0.25) is 0 Å². The second-order valence-corrected chi connectivity index (χ2v) is 5.81. The predicted molar refractivity (Wildman–Crippen MR) is 62.7 cm³/mol. The van der Waals surface area contributed by atoms with Gasteiger partial charge in [-0.3, -0.25) is 4.98 Å². The van der Waals surface area contributed by atoms with Gasteiger partial charge in [0.15, 0.2) is 9.84 Å². The molecule has 0 fully saturated rings.